The Labute approximate surface area is 134 Å². The van der Waals surface area contributed by atoms with Gasteiger partial charge in [0.1, 0.15) is 11.2 Å². The zero-order chi connectivity index (χ0) is 17.0. The van der Waals surface area contributed by atoms with Gasteiger partial charge in [0.15, 0.2) is 0 Å². The number of carbonyl (C=O) groups excluding carboxylic acids is 2. The SMILES string of the molecule is Cc1cccc(NC(=O)C(C)(C)C(=O)Nc2ccc(F)cc2)c1. The third-order valence-electron chi connectivity index (χ3n) is 3.51. The monoisotopic (exact) mass is 314 g/mol. The highest BCUT2D eigenvalue weighted by molar-refractivity contribution is 6.13. The molecule has 2 rings (SSSR count). The first-order chi connectivity index (χ1) is 10.8. The van der Waals surface area contributed by atoms with Crippen LogP contribution in [0.5, 0.6) is 0 Å². The van der Waals surface area contributed by atoms with Crippen molar-refractivity contribution in [1.82, 2.24) is 0 Å². The van der Waals surface area contributed by atoms with Gasteiger partial charge in [-0.15, -0.1) is 0 Å². The number of nitrogens with one attached hydrogen (secondary N) is 2. The molecule has 2 amide bonds. The summed E-state index contributed by atoms with van der Waals surface area (Å²) in [6.45, 7) is 5.00. The minimum atomic E-state index is -1.28. The van der Waals surface area contributed by atoms with Crippen LogP contribution >= 0.6 is 0 Å². The Morgan fingerprint density at radius 2 is 1.48 bits per heavy atom. The molecule has 2 aromatic rings. The zero-order valence-electron chi connectivity index (χ0n) is 13.3. The molecule has 2 N–H and O–H groups in total. The molecule has 0 saturated heterocycles. The van der Waals surface area contributed by atoms with Gasteiger partial charge in [-0.3, -0.25) is 9.59 Å². The molecule has 0 unspecified atom stereocenters. The number of anilines is 2. The summed E-state index contributed by atoms with van der Waals surface area (Å²) in [5, 5.41) is 5.36. The van der Waals surface area contributed by atoms with Gasteiger partial charge < -0.3 is 10.6 Å². The fourth-order valence-electron chi connectivity index (χ4n) is 1.93. The van der Waals surface area contributed by atoms with Crippen molar-refractivity contribution in [3.05, 3.63) is 59.9 Å². The number of carbonyl (C=O) groups is 2. The zero-order valence-corrected chi connectivity index (χ0v) is 13.3. The highest BCUT2D eigenvalue weighted by atomic mass is 19.1. The normalized spacial score (nSPS) is 11.0. The molecule has 0 atom stereocenters. The van der Waals surface area contributed by atoms with Gasteiger partial charge in [0, 0.05) is 11.4 Å². The maximum atomic E-state index is 12.9. The van der Waals surface area contributed by atoms with E-state index in [0.717, 1.165) is 5.56 Å². The second kappa shape index (κ2) is 6.60. The van der Waals surface area contributed by atoms with E-state index in [1.807, 2.05) is 25.1 Å². The molecule has 4 nitrogen and oxygen atoms in total. The molecule has 0 aliphatic rings. The van der Waals surface area contributed by atoms with Gasteiger partial charge in [0.2, 0.25) is 11.8 Å². The molecular formula is C18H19FN2O2. The first-order valence-corrected chi connectivity index (χ1v) is 7.24. The number of hydrogen-bond acceptors (Lipinski definition) is 2. The average molecular weight is 314 g/mol. The molecule has 0 aromatic heterocycles. The summed E-state index contributed by atoms with van der Waals surface area (Å²) in [6.07, 6.45) is 0. The Bertz CT molecular complexity index is 724. The number of hydrogen-bond donors (Lipinski definition) is 2. The number of halogens is 1. The lowest BCUT2D eigenvalue weighted by atomic mass is 9.90. The van der Waals surface area contributed by atoms with Crippen molar-refractivity contribution in [2.45, 2.75) is 20.8 Å². The molecule has 0 saturated carbocycles. The molecule has 0 aliphatic carbocycles. The lowest BCUT2D eigenvalue weighted by Crippen LogP contribution is -2.41. The van der Waals surface area contributed by atoms with E-state index in [1.165, 1.54) is 38.1 Å². The fourth-order valence-corrected chi connectivity index (χ4v) is 1.93. The summed E-state index contributed by atoms with van der Waals surface area (Å²) in [4.78, 5) is 24.8. The fraction of sp³-hybridized carbons (Fsp3) is 0.222. The van der Waals surface area contributed by atoms with Gasteiger partial charge in [-0.25, -0.2) is 4.39 Å². The van der Waals surface area contributed by atoms with Crippen molar-refractivity contribution < 1.29 is 14.0 Å². The Hall–Kier alpha value is -2.69. The van der Waals surface area contributed by atoms with Crippen LogP contribution in [0, 0.1) is 18.2 Å². The van der Waals surface area contributed by atoms with Crippen molar-refractivity contribution in [2.75, 3.05) is 10.6 Å². The second-order valence-corrected chi connectivity index (χ2v) is 5.91. The quantitative estimate of drug-likeness (QED) is 0.845. The lowest BCUT2D eigenvalue weighted by Gasteiger charge is -2.23. The van der Waals surface area contributed by atoms with Gasteiger partial charge >= 0.3 is 0 Å². The minimum Gasteiger partial charge on any atom is -0.325 e. The van der Waals surface area contributed by atoms with Gasteiger partial charge in [-0.2, -0.15) is 0 Å². The molecule has 0 fully saturated rings. The van der Waals surface area contributed by atoms with Crippen LogP contribution in [-0.4, -0.2) is 11.8 Å². The summed E-state index contributed by atoms with van der Waals surface area (Å²) < 4.78 is 12.9. The van der Waals surface area contributed by atoms with E-state index >= 15 is 0 Å². The topological polar surface area (TPSA) is 58.2 Å². The Morgan fingerprint density at radius 1 is 0.913 bits per heavy atom. The van der Waals surface area contributed by atoms with Gasteiger partial charge in [0.25, 0.3) is 0 Å². The summed E-state index contributed by atoms with van der Waals surface area (Å²) in [6, 6.07) is 12.7. The van der Waals surface area contributed by atoms with E-state index in [2.05, 4.69) is 10.6 Å². The van der Waals surface area contributed by atoms with Crippen LogP contribution in [0.25, 0.3) is 0 Å². The van der Waals surface area contributed by atoms with Crippen molar-refractivity contribution >= 4 is 23.2 Å². The molecule has 0 bridgehead atoms. The number of rotatable bonds is 4. The average Bonchev–Trinajstić information content (AvgIpc) is 2.49. The van der Waals surface area contributed by atoms with E-state index in [4.69, 9.17) is 0 Å². The number of amides is 2. The Balaban J connectivity index is 2.08. The maximum absolute atomic E-state index is 12.9. The van der Waals surface area contributed by atoms with E-state index < -0.39 is 17.2 Å². The standard InChI is InChI=1S/C18H19FN2O2/c1-12-5-4-6-15(11-12)21-17(23)18(2,3)16(22)20-14-9-7-13(19)8-10-14/h4-11H,1-3H3,(H,20,22)(H,21,23). The van der Waals surface area contributed by atoms with Crippen molar-refractivity contribution in [1.29, 1.82) is 0 Å². The van der Waals surface area contributed by atoms with Crippen LogP contribution in [-0.2, 0) is 9.59 Å². The molecule has 0 aliphatic heterocycles. The third-order valence-corrected chi connectivity index (χ3v) is 3.51. The molecule has 2 aromatic carbocycles. The van der Waals surface area contributed by atoms with Gasteiger partial charge in [-0.1, -0.05) is 12.1 Å². The van der Waals surface area contributed by atoms with Crippen LogP contribution in [0.2, 0.25) is 0 Å². The summed E-state index contributed by atoms with van der Waals surface area (Å²) in [7, 11) is 0. The molecule has 0 spiro atoms. The maximum Gasteiger partial charge on any atom is 0.239 e. The highest BCUT2D eigenvalue weighted by Gasteiger charge is 2.36. The van der Waals surface area contributed by atoms with Crippen LogP contribution in [0.3, 0.4) is 0 Å². The minimum absolute atomic E-state index is 0.389. The summed E-state index contributed by atoms with van der Waals surface area (Å²) >= 11 is 0. The Kier molecular flexibility index (Phi) is 4.79. The number of aryl methyl sites for hydroxylation is 1. The molecule has 120 valence electrons. The van der Waals surface area contributed by atoms with Crippen molar-refractivity contribution in [2.24, 2.45) is 5.41 Å². The Morgan fingerprint density at radius 3 is 2.04 bits per heavy atom. The molecule has 0 radical (unpaired) electrons. The predicted molar refractivity (Wildman–Crippen MR) is 88.6 cm³/mol. The molecular weight excluding hydrogens is 295 g/mol. The highest BCUT2D eigenvalue weighted by Crippen LogP contribution is 2.22. The first kappa shape index (κ1) is 16.7. The molecule has 23 heavy (non-hydrogen) atoms. The largest absolute Gasteiger partial charge is 0.325 e. The van der Waals surface area contributed by atoms with Gasteiger partial charge in [-0.05, 0) is 62.7 Å². The first-order valence-electron chi connectivity index (χ1n) is 7.24. The van der Waals surface area contributed by atoms with E-state index in [-0.39, 0.29) is 5.82 Å². The molecule has 0 heterocycles. The predicted octanol–water partition coefficient (Wildman–Crippen LogP) is 3.74. The van der Waals surface area contributed by atoms with E-state index in [0.29, 0.717) is 11.4 Å². The van der Waals surface area contributed by atoms with Crippen LogP contribution in [0.15, 0.2) is 48.5 Å². The second-order valence-electron chi connectivity index (χ2n) is 5.91. The smallest absolute Gasteiger partial charge is 0.239 e. The van der Waals surface area contributed by atoms with Crippen LogP contribution in [0.1, 0.15) is 19.4 Å². The number of benzene rings is 2. The lowest BCUT2D eigenvalue weighted by molar-refractivity contribution is -0.135. The van der Waals surface area contributed by atoms with E-state index in [9.17, 15) is 14.0 Å². The van der Waals surface area contributed by atoms with Gasteiger partial charge in [0.05, 0.1) is 0 Å². The summed E-state index contributed by atoms with van der Waals surface area (Å²) in [5.74, 6) is -1.27. The van der Waals surface area contributed by atoms with Crippen LogP contribution in [0.4, 0.5) is 15.8 Å². The van der Waals surface area contributed by atoms with E-state index in [1.54, 1.807) is 6.07 Å². The summed E-state index contributed by atoms with van der Waals surface area (Å²) in [5.41, 5.74) is 0.805. The molecule has 5 heteroatoms. The van der Waals surface area contributed by atoms with Crippen molar-refractivity contribution in [3.8, 4) is 0 Å². The van der Waals surface area contributed by atoms with Crippen LogP contribution < -0.4 is 10.6 Å². The van der Waals surface area contributed by atoms with Crippen molar-refractivity contribution in [3.63, 3.8) is 0 Å². The third kappa shape index (κ3) is 4.16.